The molecule has 1 aromatic rings. The van der Waals surface area contributed by atoms with Gasteiger partial charge in [0.05, 0.1) is 6.61 Å². The Morgan fingerprint density at radius 3 is 2.65 bits per heavy atom. The molecule has 0 saturated heterocycles. The van der Waals surface area contributed by atoms with Gasteiger partial charge in [-0.15, -0.1) is 0 Å². The molecule has 0 spiro atoms. The van der Waals surface area contributed by atoms with E-state index in [1.54, 1.807) is 13.0 Å². The van der Waals surface area contributed by atoms with Gasteiger partial charge in [-0.05, 0) is 30.5 Å². The number of amides is 1. The van der Waals surface area contributed by atoms with E-state index in [1.807, 2.05) is 18.2 Å². The van der Waals surface area contributed by atoms with Gasteiger partial charge in [0.25, 0.3) is 0 Å². The minimum atomic E-state index is -0.412. The molecule has 0 aliphatic carbocycles. The highest BCUT2D eigenvalue weighted by atomic mass is 35.5. The predicted molar refractivity (Wildman–Crippen MR) is 79.4 cm³/mol. The van der Waals surface area contributed by atoms with Crippen LogP contribution in [0.15, 0.2) is 30.3 Å². The Kier molecular flexibility index (Phi) is 6.81. The van der Waals surface area contributed by atoms with Crippen LogP contribution < -0.4 is 5.32 Å². The van der Waals surface area contributed by atoms with E-state index in [4.69, 9.17) is 16.3 Å². The molecule has 1 amide bonds. The highest BCUT2D eigenvalue weighted by Gasteiger charge is 2.04. The maximum atomic E-state index is 11.6. The lowest BCUT2D eigenvalue weighted by Crippen LogP contribution is -2.22. The van der Waals surface area contributed by atoms with E-state index in [0.717, 1.165) is 11.1 Å². The number of esters is 1. The second-order valence-electron chi connectivity index (χ2n) is 4.31. The molecule has 0 aliphatic rings. The first kappa shape index (κ1) is 16.2. The zero-order valence-electron chi connectivity index (χ0n) is 11.6. The van der Waals surface area contributed by atoms with E-state index in [1.165, 1.54) is 13.0 Å². The summed E-state index contributed by atoms with van der Waals surface area (Å²) < 4.78 is 5.05. The lowest BCUT2D eigenvalue weighted by molar-refractivity contribution is -0.137. The number of rotatable bonds is 6. The van der Waals surface area contributed by atoms with E-state index in [-0.39, 0.29) is 12.5 Å². The van der Waals surface area contributed by atoms with Crippen molar-refractivity contribution in [2.45, 2.75) is 20.3 Å². The smallest absolute Gasteiger partial charge is 0.331 e. The minimum absolute atomic E-state index is 0.0919. The molecule has 5 heteroatoms. The average Bonchev–Trinajstić information content (AvgIpc) is 2.38. The molecular formula is C15H18ClNO3. The van der Waals surface area contributed by atoms with Crippen molar-refractivity contribution in [3.8, 4) is 0 Å². The summed E-state index contributed by atoms with van der Waals surface area (Å²) in [4.78, 5) is 22.2. The third kappa shape index (κ3) is 5.89. The average molecular weight is 296 g/mol. The van der Waals surface area contributed by atoms with Gasteiger partial charge in [0.1, 0.15) is 0 Å². The minimum Gasteiger partial charge on any atom is -0.462 e. The lowest BCUT2D eigenvalue weighted by Gasteiger charge is -2.05. The van der Waals surface area contributed by atoms with Crippen molar-refractivity contribution in [1.29, 1.82) is 0 Å². The van der Waals surface area contributed by atoms with Gasteiger partial charge in [-0.25, -0.2) is 4.79 Å². The molecule has 0 aromatic heterocycles. The van der Waals surface area contributed by atoms with Crippen LogP contribution >= 0.6 is 11.6 Å². The van der Waals surface area contributed by atoms with Gasteiger partial charge in [-0.1, -0.05) is 29.8 Å². The first-order valence-corrected chi connectivity index (χ1v) is 6.73. The van der Waals surface area contributed by atoms with Crippen LogP contribution in [0.25, 0.3) is 5.57 Å². The van der Waals surface area contributed by atoms with E-state index < -0.39 is 5.97 Å². The molecule has 108 valence electrons. The highest BCUT2D eigenvalue weighted by Crippen LogP contribution is 2.22. The zero-order valence-corrected chi connectivity index (χ0v) is 12.4. The fraction of sp³-hybridized carbons (Fsp3) is 0.333. The molecule has 0 radical (unpaired) electrons. The summed E-state index contributed by atoms with van der Waals surface area (Å²) in [6.45, 7) is 4.02. The van der Waals surface area contributed by atoms with Crippen molar-refractivity contribution >= 4 is 29.1 Å². The Balaban J connectivity index is 2.43. The number of carbonyl (C=O) groups is 2. The fourth-order valence-electron chi connectivity index (χ4n) is 1.59. The lowest BCUT2D eigenvalue weighted by atomic mass is 10.1. The quantitative estimate of drug-likeness (QED) is 0.499. The van der Waals surface area contributed by atoms with E-state index >= 15 is 0 Å². The van der Waals surface area contributed by atoms with Gasteiger partial charge in [0.2, 0.25) is 5.91 Å². The zero-order chi connectivity index (χ0) is 15.0. The second-order valence-corrected chi connectivity index (χ2v) is 4.72. The SMILES string of the molecule is CC(=O)NCCCOC(=O)C=C(C)c1ccccc1Cl. The van der Waals surface area contributed by atoms with Crippen molar-refractivity contribution in [2.24, 2.45) is 0 Å². The molecule has 1 N–H and O–H groups in total. The van der Waals surface area contributed by atoms with Crippen molar-refractivity contribution in [1.82, 2.24) is 5.32 Å². The normalized spacial score (nSPS) is 11.1. The summed E-state index contributed by atoms with van der Waals surface area (Å²) in [6.07, 6.45) is 2.00. The number of allylic oxidation sites excluding steroid dienone is 1. The van der Waals surface area contributed by atoms with E-state index in [0.29, 0.717) is 18.0 Å². The highest BCUT2D eigenvalue weighted by molar-refractivity contribution is 6.32. The van der Waals surface area contributed by atoms with Crippen LogP contribution in [-0.2, 0) is 14.3 Å². The summed E-state index contributed by atoms with van der Waals surface area (Å²) in [5.41, 5.74) is 1.56. The molecule has 0 bridgehead atoms. The number of benzene rings is 1. The van der Waals surface area contributed by atoms with Crippen molar-refractivity contribution < 1.29 is 14.3 Å². The van der Waals surface area contributed by atoms with Gasteiger partial charge >= 0.3 is 5.97 Å². The van der Waals surface area contributed by atoms with Gasteiger partial charge in [-0.2, -0.15) is 0 Å². The van der Waals surface area contributed by atoms with Gasteiger partial charge in [-0.3, -0.25) is 4.79 Å². The van der Waals surface area contributed by atoms with Crippen LogP contribution in [0.2, 0.25) is 5.02 Å². The number of carbonyl (C=O) groups excluding carboxylic acids is 2. The van der Waals surface area contributed by atoms with Crippen LogP contribution in [0.4, 0.5) is 0 Å². The van der Waals surface area contributed by atoms with Crippen molar-refractivity contribution in [3.05, 3.63) is 40.9 Å². The Hall–Kier alpha value is -1.81. The van der Waals surface area contributed by atoms with Crippen LogP contribution in [-0.4, -0.2) is 25.0 Å². The first-order chi connectivity index (χ1) is 9.50. The molecule has 0 saturated carbocycles. The van der Waals surface area contributed by atoms with Crippen LogP contribution in [0.3, 0.4) is 0 Å². The molecule has 20 heavy (non-hydrogen) atoms. The third-order valence-electron chi connectivity index (χ3n) is 2.57. The summed E-state index contributed by atoms with van der Waals surface area (Å²) in [7, 11) is 0. The molecule has 1 aromatic carbocycles. The maximum Gasteiger partial charge on any atom is 0.331 e. The topological polar surface area (TPSA) is 55.4 Å². The molecule has 0 fully saturated rings. The Morgan fingerprint density at radius 1 is 1.30 bits per heavy atom. The van der Waals surface area contributed by atoms with Gasteiger partial charge < -0.3 is 10.1 Å². The number of hydrogen-bond donors (Lipinski definition) is 1. The fourth-order valence-corrected chi connectivity index (χ4v) is 1.87. The molecule has 0 atom stereocenters. The first-order valence-electron chi connectivity index (χ1n) is 6.35. The largest absolute Gasteiger partial charge is 0.462 e. The van der Waals surface area contributed by atoms with E-state index in [9.17, 15) is 9.59 Å². The standard InChI is InChI=1S/C15H18ClNO3/c1-11(13-6-3-4-7-14(13)16)10-15(19)20-9-5-8-17-12(2)18/h3-4,6-7,10H,5,8-9H2,1-2H3,(H,17,18). The molecule has 4 nitrogen and oxygen atoms in total. The second kappa shape index (κ2) is 8.38. The number of hydrogen-bond acceptors (Lipinski definition) is 3. The Bertz CT molecular complexity index is 512. The number of ether oxygens (including phenoxy) is 1. The van der Waals surface area contributed by atoms with E-state index in [2.05, 4.69) is 5.32 Å². The molecular weight excluding hydrogens is 278 g/mol. The van der Waals surface area contributed by atoms with Crippen LogP contribution in [0.1, 0.15) is 25.8 Å². The Labute approximate surface area is 123 Å². The van der Waals surface area contributed by atoms with Crippen LogP contribution in [0.5, 0.6) is 0 Å². The summed E-state index contributed by atoms with van der Waals surface area (Å²) in [5, 5.41) is 3.23. The summed E-state index contributed by atoms with van der Waals surface area (Å²) in [5.74, 6) is -0.504. The van der Waals surface area contributed by atoms with Crippen molar-refractivity contribution in [2.75, 3.05) is 13.2 Å². The number of halogens is 1. The number of nitrogens with one attached hydrogen (secondary N) is 1. The molecule has 1 rings (SSSR count). The summed E-state index contributed by atoms with van der Waals surface area (Å²) >= 11 is 6.04. The van der Waals surface area contributed by atoms with Gasteiger partial charge in [0, 0.05) is 24.6 Å². The monoisotopic (exact) mass is 295 g/mol. The third-order valence-corrected chi connectivity index (χ3v) is 2.90. The van der Waals surface area contributed by atoms with Crippen LogP contribution in [0, 0.1) is 0 Å². The molecule has 0 unspecified atom stereocenters. The van der Waals surface area contributed by atoms with Gasteiger partial charge in [0.15, 0.2) is 0 Å². The molecule has 0 aliphatic heterocycles. The van der Waals surface area contributed by atoms with Crippen molar-refractivity contribution in [3.63, 3.8) is 0 Å². The maximum absolute atomic E-state index is 11.6. The molecule has 0 heterocycles. The Morgan fingerprint density at radius 2 is 2.00 bits per heavy atom. The summed E-state index contributed by atoms with van der Waals surface area (Å²) in [6, 6.07) is 7.31. The predicted octanol–water partition coefficient (Wildman–Crippen LogP) is 2.81.